The predicted octanol–water partition coefficient (Wildman–Crippen LogP) is 3.39. The lowest BCUT2D eigenvalue weighted by Gasteiger charge is -2.30. The maximum absolute atomic E-state index is 12.2. The number of rotatable bonds is 3. The second kappa shape index (κ2) is 6.87. The summed E-state index contributed by atoms with van der Waals surface area (Å²) in [6, 6.07) is 10.0. The summed E-state index contributed by atoms with van der Waals surface area (Å²) in [5.41, 5.74) is 0. The van der Waals surface area contributed by atoms with Crippen LogP contribution in [0.1, 0.15) is 23.4 Å². The van der Waals surface area contributed by atoms with Gasteiger partial charge < -0.3 is 14.1 Å². The Morgan fingerprint density at radius 2 is 1.83 bits per heavy atom. The van der Waals surface area contributed by atoms with Crippen LogP contribution < -0.4 is 4.74 Å². The summed E-state index contributed by atoms with van der Waals surface area (Å²) in [4.78, 5) is 26.0. The molecule has 0 unspecified atom stereocenters. The van der Waals surface area contributed by atoms with Gasteiger partial charge in [0.2, 0.25) is 0 Å². The molecule has 1 aliphatic heterocycles. The first-order valence-corrected chi connectivity index (χ1v) is 7.81. The zero-order chi connectivity index (χ0) is 16.2. The molecule has 0 aliphatic carbocycles. The number of ether oxygens (including phenoxy) is 1. The molecule has 23 heavy (non-hydrogen) atoms. The van der Waals surface area contributed by atoms with Crippen molar-refractivity contribution in [3.05, 3.63) is 53.4 Å². The van der Waals surface area contributed by atoms with E-state index >= 15 is 0 Å². The summed E-state index contributed by atoms with van der Waals surface area (Å²) < 4.78 is 10.5. The van der Waals surface area contributed by atoms with Crippen LogP contribution in [-0.2, 0) is 4.79 Å². The highest BCUT2D eigenvalue weighted by molar-refractivity contribution is 6.30. The van der Waals surface area contributed by atoms with Crippen molar-refractivity contribution in [1.82, 2.24) is 4.90 Å². The Hall–Kier alpha value is -2.27. The van der Waals surface area contributed by atoms with Crippen LogP contribution in [0.15, 0.2) is 47.1 Å². The second-order valence-corrected chi connectivity index (χ2v) is 5.86. The minimum Gasteiger partial charge on any atom is -0.459 e. The first-order chi connectivity index (χ1) is 11.1. The van der Waals surface area contributed by atoms with Crippen LogP contribution in [0.5, 0.6) is 5.75 Å². The summed E-state index contributed by atoms with van der Waals surface area (Å²) in [7, 11) is 0. The Morgan fingerprint density at radius 1 is 1.13 bits per heavy atom. The van der Waals surface area contributed by atoms with E-state index in [2.05, 4.69) is 0 Å². The van der Waals surface area contributed by atoms with Crippen LogP contribution in [0, 0.1) is 5.92 Å². The molecule has 3 rings (SSSR count). The van der Waals surface area contributed by atoms with Crippen molar-refractivity contribution in [3.63, 3.8) is 0 Å². The van der Waals surface area contributed by atoms with E-state index in [9.17, 15) is 9.59 Å². The Kier molecular flexibility index (Phi) is 4.67. The van der Waals surface area contributed by atoms with E-state index in [-0.39, 0.29) is 17.8 Å². The van der Waals surface area contributed by atoms with Crippen molar-refractivity contribution < 1.29 is 18.7 Å². The van der Waals surface area contributed by atoms with Crippen LogP contribution in [0.2, 0.25) is 5.02 Å². The van der Waals surface area contributed by atoms with Crippen molar-refractivity contribution in [2.24, 2.45) is 5.92 Å². The number of piperidine rings is 1. The van der Waals surface area contributed by atoms with Crippen LogP contribution in [0.3, 0.4) is 0 Å². The number of halogens is 1. The van der Waals surface area contributed by atoms with Gasteiger partial charge in [-0.05, 0) is 49.2 Å². The van der Waals surface area contributed by atoms with Gasteiger partial charge in [-0.25, -0.2) is 0 Å². The van der Waals surface area contributed by atoms with Gasteiger partial charge in [-0.1, -0.05) is 11.6 Å². The zero-order valence-electron chi connectivity index (χ0n) is 12.4. The molecule has 5 nitrogen and oxygen atoms in total. The van der Waals surface area contributed by atoms with Gasteiger partial charge in [-0.2, -0.15) is 0 Å². The van der Waals surface area contributed by atoms with E-state index in [1.165, 1.54) is 6.26 Å². The quantitative estimate of drug-likeness (QED) is 0.638. The molecule has 6 heteroatoms. The lowest BCUT2D eigenvalue weighted by molar-refractivity contribution is -0.140. The van der Waals surface area contributed by atoms with Crippen molar-refractivity contribution in [1.29, 1.82) is 0 Å². The standard InChI is InChI=1S/C17H16ClNO4/c18-13-3-5-14(6-4-13)23-17(21)12-7-9-19(10-8-12)16(20)15-2-1-11-22-15/h1-6,11-12H,7-10H2. The van der Waals surface area contributed by atoms with E-state index in [0.29, 0.717) is 42.5 Å². The highest BCUT2D eigenvalue weighted by Gasteiger charge is 2.29. The second-order valence-electron chi connectivity index (χ2n) is 5.42. The summed E-state index contributed by atoms with van der Waals surface area (Å²) in [5, 5.41) is 0.592. The first kappa shape index (κ1) is 15.6. The third-order valence-corrected chi connectivity index (χ3v) is 4.13. The number of furan rings is 1. The van der Waals surface area contributed by atoms with Crippen molar-refractivity contribution >= 4 is 23.5 Å². The van der Waals surface area contributed by atoms with Crippen LogP contribution >= 0.6 is 11.6 Å². The third kappa shape index (κ3) is 3.74. The molecule has 120 valence electrons. The molecule has 1 saturated heterocycles. The van der Waals surface area contributed by atoms with Gasteiger partial charge in [0, 0.05) is 18.1 Å². The van der Waals surface area contributed by atoms with Gasteiger partial charge in [0.1, 0.15) is 5.75 Å². The van der Waals surface area contributed by atoms with E-state index in [4.69, 9.17) is 20.8 Å². The van der Waals surface area contributed by atoms with Crippen LogP contribution in [0.25, 0.3) is 0 Å². The van der Waals surface area contributed by atoms with E-state index in [1.807, 2.05) is 0 Å². The number of esters is 1. The Bertz CT molecular complexity index is 673. The monoisotopic (exact) mass is 333 g/mol. The number of carbonyl (C=O) groups is 2. The highest BCUT2D eigenvalue weighted by Crippen LogP contribution is 2.23. The molecular formula is C17H16ClNO4. The van der Waals surface area contributed by atoms with Crippen LogP contribution in [0.4, 0.5) is 0 Å². The maximum atomic E-state index is 12.2. The average Bonchev–Trinajstić information content (AvgIpc) is 3.11. The average molecular weight is 334 g/mol. The Labute approximate surface area is 138 Å². The highest BCUT2D eigenvalue weighted by atomic mass is 35.5. The number of hydrogen-bond donors (Lipinski definition) is 0. The zero-order valence-corrected chi connectivity index (χ0v) is 13.2. The first-order valence-electron chi connectivity index (χ1n) is 7.43. The van der Waals surface area contributed by atoms with Gasteiger partial charge in [0.05, 0.1) is 12.2 Å². The lowest BCUT2D eigenvalue weighted by atomic mass is 9.97. The Morgan fingerprint density at radius 3 is 2.43 bits per heavy atom. The molecule has 1 fully saturated rings. The van der Waals surface area contributed by atoms with Crippen LogP contribution in [-0.4, -0.2) is 29.9 Å². The van der Waals surface area contributed by atoms with Gasteiger partial charge in [0.25, 0.3) is 5.91 Å². The predicted molar refractivity (Wildman–Crippen MR) is 84.4 cm³/mol. The topological polar surface area (TPSA) is 59.8 Å². The molecule has 2 heterocycles. The molecule has 1 aromatic heterocycles. The number of amides is 1. The minimum atomic E-state index is -0.266. The molecule has 1 amide bonds. The van der Waals surface area contributed by atoms with Gasteiger partial charge in [-0.15, -0.1) is 0 Å². The summed E-state index contributed by atoms with van der Waals surface area (Å²) >= 11 is 5.80. The molecule has 0 saturated carbocycles. The summed E-state index contributed by atoms with van der Waals surface area (Å²) in [5.74, 6) is 0.198. The van der Waals surface area contributed by atoms with Crippen molar-refractivity contribution in [2.45, 2.75) is 12.8 Å². The molecule has 0 radical (unpaired) electrons. The van der Waals surface area contributed by atoms with Gasteiger partial charge >= 0.3 is 5.97 Å². The molecule has 2 aromatic rings. The van der Waals surface area contributed by atoms with E-state index in [1.54, 1.807) is 41.3 Å². The fourth-order valence-corrected chi connectivity index (χ4v) is 2.70. The normalized spacial score (nSPS) is 15.4. The molecule has 0 spiro atoms. The number of carbonyl (C=O) groups excluding carboxylic acids is 2. The minimum absolute atomic E-state index is 0.139. The van der Waals surface area contributed by atoms with E-state index < -0.39 is 0 Å². The fraction of sp³-hybridized carbons (Fsp3) is 0.294. The molecule has 0 N–H and O–H groups in total. The molecule has 1 aromatic carbocycles. The van der Waals surface area contributed by atoms with Gasteiger partial charge in [0.15, 0.2) is 5.76 Å². The summed E-state index contributed by atoms with van der Waals surface area (Å²) in [6.07, 6.45) is 2.64. The Balaban J connectivity index is 1.53. The largest absolute Gasteiger partial charge is 0.459 e. The number of benzene rings is 1. The van der Waals surface area contributed by atoms with Crippen molar-refractivity contribution in [2.75, 3.05) is 13.1 Å². The molecule has 0 bridgehead atoms. The lowest BCUT2D eigenvalue weighted by Crippen LogP contribution is -2.41. The SMILES string of the molecule is O=C(Oc1ccc(Cl)cc1)C1CCN(C(=O)c2ccco2)CC1. The van der Waals surface area contributed by atoms with Gasteiger partial charge in [-0.3, -0.25) is 9.59 Å². The molecule has 1 aliphatic rings. The smallest absolute Gasteiger partial charge is 0.314 e. The van der Waals surface area contributed by atoms with E-state index in [0.717, 1.165) is 0 Å². The fourth-order valence-electron chi connectivity index (χ4n) is 2.58. The number of nitrogens with zero attached hydrogens (tertiary/aromatic N) is 1. The number of hydrogen-bond acceptors (Lipinski definition) is 4. The maximum Gasteiger partial charge on any atom is 0.314 e. The summed E-state index contributed by atoms with van der Waals surface area (Å²) in [6.45, 7) is 1.03. The third-order valence-electron chi connectivity index (χ3n) is 3.88. The molecular weight excluding hydrogens is 318 g/mol. The van der Waals surface area contributed by atoms with Crippen molar-refractivity contribution in [3.8, 4) is 5.75 Å². The molecule has 0 atom stereocenters. The number of likely N-dealkylation sites (tertiary alicyclic amines) is 1.